The molecule has 0 unspecified atom stereocenters. The summed E-state index contributed by atoms with van der Waals surface area (Å²) < 4.78 is 4.69. The standard InChI is InChI=1S/C12H10ClNO4/c1-18-6-7(15)5-14-9-4-2-3-8(13)10(9)11(16)12(14)17/h2-4H,5-6H2,1H3. The van der Waals surface area contributed by atoms with Crippen molar-refractivity contribution in [3.05, 3.63) is 28.8 Å². The summed E-state index contributed by atoms with van der Waals surface area (Å²) in [5.41, 5.74) is 0.538. The van der Waals surface area contributed by atoms with Gasteiger partial charge in [0.25, 0.3) is 11.7 Å². The molecule has 0 spiro atoms. The van der Waals surface area contributed by atoms with E-state index in [0.29, 0.717) is 5.69 Å². The molecule has 1 amide bonds. The molecule has 1 aliphatic heterocycles. The van der Waals surface area contributed by atoms with Crippen LogP contribution in [0.4, 0.5) is 5.69 Å². The van der Waals surface area contributed by atoms with E-state index in [9.17, 15) is 14.4 Å². The zero-order valence-corrected chi connectivity index (χ0v) is 10.4. The first-order valence-electron chi connectivity index (χ1n) is 5.21. The van der Waals surface area contributed by atoms with Crippen LogP contribution in [0.2, 0.25) is 5.02 Å². The molecule has 2 rings (SSSR count). The molecule has 94 valence electrons. The van der Waals surface area contributed by atoms with E-state index in [1.165, 1.54) is 13.2 Å². The van der Waals surface area contributed by atoms with Gasteiger partial charge >= 0.3 is 0 Å². The Morgan fingerprint density at radius 1 is 1.39 bits per heavy atom. The highest BCUT2D eigenvalue weighted by atomic mass is 35.5. The molecule has 0 N–H and O–H groups in total. The highest BCUT2D eigenvalue weighted by Crippen LogP contribution is 2.33. The molecule has 0 fully saturated rings. The number of rotatable bonds is 4. The molecule has 1 aliphatic rings. The van der Waals surface area contributed by atoms with Gasteiger partial charge in [-0.1, -0.05) is 17.7 Å². The summed E-state index contributed by atoms with van der Waals surface area (Å²) in [6, 6.07) is 4.75. The van der Waals surface area contributed by atoms with Crippen LogP contribution >= 0.6 is 11.6 Å². The van der Waals surface area contributed by atoms with E-state index in [1.807, 2.05) is 0 Å². The number of carbonyl (C=O) groups is 3. The molecule has 0 atom stereocenters. The van der Waals surface area contributed by atoms with Crippen LogP contribution in [0.15, 0.2) is 18.2 Å². The third kappa shape index (κ3) is 2.02. The van der Waals surface area contributed by atoms with Gasteiger partial charge in [0.2, 0.25) is 0 Å². The van der Waals surface area contributed by atoms with Crippen molar-refractivity contribution in [3.63, 3.8) is 0 Å². The van der Waals surface area contributed by atoms with Gasteiger partial charge in [0.1, 0.15) is 6.61 Å². The summed E-state index contributed by atoms with van der Waals surface area (Å²) in [6.07, 6.45) is 0. The average molecular weight is 268 g/mol. The number of halogens is 1. The van der Waals surface area contributed by atoms with Gasteiger partial charge in [-0.2, -0.15) is 0 Å². The summed E-state index contributed by atoms with van der Waals surface area (Å²) in [5.74, 6) is -1.70. The molecule has 1 heterocycles. The van der Waals surface area contributed by atoms with Crippen LogP contribution in [0, 0.1) is 0 Å². The van der Waals surface area contributed by atoms with E-state index < -0.39 is 11.7 Å². The first-order chi connectivity index (χ1) is 8.56. The van der Waals surface area contributed by atoms with Gasteiger partial charge in [0.15, 0.2) is 5.78 Å². The van der Waals surface area contributed by atoms with Crippen molar-refractivity contribution in [2.75, 3.05) is 25.2 Å². The number of carbonyl (C=O) groups excluding carboxylic acids is 3. The third-order valence-corrected chi connectivity index (χ3v) is 2.90. The minimum absolute atomic E-state index is 0.103. The van der Waals surface area contributed by atoms with Gasteiger partial charge < -0.3 is 4.74 Å². The highest BCUT2D eigenvalue weighted by molar-refractivity contribution is 6.55. The largest absolute Gasteiger partial charge is 0.377 e. The Balaban J connectivity index is 2.35. The predicted molar refractivity (Wildman–Crippen MR) is 65.0 cm³/mol. The minimum atomic E-state index is -0.734. The van der Waals surface area contributed by atoms with E-state index in [0.717, 1.165) is 4.90 Å². The Labute approximate surface area is 108 Å². The van der Waals surface area contributed by atoms with Crippen molar-refractivity contribution >= 4 is 34.8 Å². The zero-order chi connectivity index (χ0) is 13.3. The second-order valence-electron chi connectivity index (χ2n) is 3.83. The van der Waals surface area contributed by atoms with E-state index in [4.69, 9.17) is 11.6 Å². The third-order valence-electron chi connectivity index (χ3n) is 2.59. The number of benzene rings is 1. The van der Waals surface area contributed by atoms with Crippen molar-refractivity contribution in [1.29, 1.82) is 0 Å². The number of nitrogens with zero attached hydrogens (tertiary/aromatic N) is 1. The van der Waals surface area contributed by atoms with Crippen LogP contribution in [0.5, 0.6) is 0 Å². The number of anilines is 1. The van der Waals surface area contributed by atoms with E-state index in [-0.39, 0.29) is 29.5 Å². The molecule has 18 heavy (non-hydrogen) atoms. The molecule has 1 aromatic rings. The van der Waals surface area contributed by atoms with Crippen molar-refractivity contribution in [2.24, 2.45) is 0 Å². The van der Waals surface area contributed by atoms with E-state index in [1.54, 1.807) is 12.1 Å². The van der Waals surface area contributed by atoms with E-state index in [2.05, 4.69) is 4.74 Å². The first kappa shape index (κ1) is 12.7. The SMILES string of the molecule is COCC(=O)CN1C(=O)C(=O)c2c(Cl)cccc21. The van der Waals surface area contributed by atoms with Gasteiger partial charge in [-0.05, 0) is 12.1 Å². The van der Waals surface area contributed by atoms with Crippen LogP contribution in [0.25, 0.3) is 0 Å². The van der Waals surface area contributed by atoms with Gasteiger partial charge in [-0.25, -0.2) is 0 Å². The number of ketones is 2. The maximum Gasteiger partial charge on any atom is 0.299 e. The lowest BCUT2D eigenvalue weighted by Gasteiger charge is -2.15. The number of fused-ring (bicyclic) bond motifs is 1. The molecule has 0 saturated carbocycles. The van der Waals surface area contributed by atoms with Crippen molar-refractivity contribution in [3.8, 4) is 0 Å². The summed E-state index contributed by atoms with van der Waals surface area (Å²) in [6.45, 7) is -0.292. The molecule has 5 nitrogen and oxygen atoms in total. The number of ether oxygens (including phenoxy) is 1. The summed E-state index contributed by atoms with van der Waals surface area (Å²) in [5, 5.41) is 0.215. The Kier molecular flexibility index (Phi) is 3.45. The molecule has 0 aliphatic carbocycles. The zero-order valence-electron chi connectivity index (χ0n) is 9.60. The van der Waals surface area contributed by atoms with Crippen molar-refractivity contribution < 1.29 is 19.1 Å². The van der Waals surface area contributed by atoms with Gasteiger partial charge in [0.05, 0.1) is 22.8 Å². The number of hydrogen-bond donors (Lipinski definition) is 0. The maximum atomic E-state index is 11.8. The van der Waals surface area contributed by atoms with Gasteiger partial charge in [-0.3, -0.25) is 19.3 Å². The van der Waals surface area contributed by atoms with Crippen LogP contribution in [0.3, 0.4) is 0 Å². The topological polar surface area (TPSA) is 63.7 Å². The molecular weight excluding hydrogens is 258 g/mol. The Hall–Kier alpha value is -1.72. The Morgan fingerprint density at radius 2 is 2.11 bits per heavy atom. The number of methoxy groups -OCH3 is 1. The quantitative estimate of drug-likeness (QED) is 0.766. The number of Topliss-reactive ketones (excluding diaryl/α,β-unsaturated/α-hetero) is 2. The fourth-order valence-electron chi connectivity index (χ4n) is 1.84. The predicted octanol–water partition coefficient (Wildman–Crippen LogP) is 1.08. The molecule has 0 bridgehead atoms. The molecule has 0 saturated heterocycles. The Bertz CT molecular complexity index is 541. The number of amides is 1. The number of hydrogen-bond acceptors (Lipinski definition) is 4. The fraction of sp³-hybridized carbons (Fsp3) is 0.250. The molecule has 0 aromatic heterocycles. The summed E-state index contributed by atoms with van der Waals surface area (Å²) in [7, 11) is 1.39. The van der Waals surface area contributed by atoms with Crippen LogP contribution in [0.1, 0.15) is 10.4 Å². The second kappa shape index (κ2) is 4.88. The van der Waals surface area contributed by atoms with Gasteiger partial charge in [0, 0.05) is 7.11 Å². The van der Waals surface area contributed by atoms with Crippen molar-refractivity contribution in [2.45, 2.75) is 0 Å². The fourth-order valence-corrected chi connectivity index (χ4v) is 2.10. The van der Waals surface area contributed by atoms with E-state index >= 15 is 0 Å². The highest BCUT2D eigenvalue weighted by Gasteiger charge is 2.38. The lowest BCUT2D eigenvalue weighted by Crippen LogP contribution is -2.35. The molecular formula is C12H10ClNO4. The summed E-state index contributed by atoms with van der Waals surface area (Å²) in [4.78, 5) is 36.1. The molecule has 0 radical (unpaired) electrons. The second-order valence-corrected chi connectivity index (χ2v) is 4.23. The molecule has 1 aromatic carbocycles. The Morgan fingerprint density at radius 3 is 2.78 bits per heavy atom. The van der Waals surface area contributed by atoms with Crippen molar-refractivity contribution in [1.82, 2.24) is 0 Å². The molecule has 6 heteroatoms. The van der Waals surface area contributed by atoms with Crippen LogP contribution < -0.4 is 4.90 Å². The smallest absolute Gasteiger partial charge is 0.299 e. The first-order valence-corrected chi connectivity index (χ1v) is 5.59. The van der Waals surface area contributed by atoms with Gasteiger partial charge in [-0.15, -0.1) is 0 Å². The lowest BCUT2D eigenvalue weighted by atomic mass is 10.1. The normalized spacial score (nSPS) is 14.0. The minimum Gasteiger partial charge on any atom is -0.377 e. The monoisotopic (exact) mass is 267 g/mol. The summed E-state index contributed by atoms with van der Waals surface area (Å²) >= 11 is 5.88. The van der Waals surface area contributed by atoms with Crippen LogP contribution in [-0.4, -0.2) is 37.7 Å². The maximum absolute atomic E-state index is 11.8. The van der Waals surface area contributed by atoms with Crippen LogP contribution in [-0.2, 0) is 14.3 Å². The average Bonchev–Trinajstić information content (AvgIpc) is 2.56. The lowest BCUT2D eigenvalue weighted by molar-refractivity contribution is -0.123.